The number of aliphatic imine (C=N–C) groups is 1. The number of hydrogen-bond donors (Lipinski definition) is 1. The summed E-state index contributed by atoms with van der Waals surface area (Å²) in [5, 5.41) is 7.66. The third kappa shape index (κ3) is 4.30. The highest BCUT2D eigenvalue weighted by atomic mass is 16.5. The third-order valence-corrected chi connectivity index (χ3v) is 4.26. The quantitative estimate of drug-likeness (QED) is 0.674. The molecule has 1 aliphatic heterocycles. The Balaban J connectivity index is 1.62. The van der Waals surface area contributed by atoms with Crippen LogP contribution in [0.4, 0.5) is 0 Å². The minimum atomic E-state index is 0.0119. The van der Waals surface area contributed by atoms with Crippen molar-refractivity contribution < 1.29 is 9.47 Å². The van der Waals surface area contributed by atoms with E-state index in [4.69, 9.17) is 9.47 Å². The first-order chi connectivity index (χ1) is 12.2. The first kappa shape index (κ1) is 17.3. The second-order valence-corrected chi connectivity index (χ2v) is 6.01. The summed E-state index contributed by atoms with van der Waals surface area (Å²) in [7, 11) is 5.40. The fourth-order valence-corrected chi connectivity index (χ4v) is 2.95. The van der Waals surface area contributed by atoms with Crippen LogP contribution < -0.4 is 10.1 Å². The maximum absolute atomic E-state index is 5.90. The van der Waals surface area contributed by atoms with Gasteiger partial charge in [0, 0.05) is 38.9 Å². The van der Waals surface area contributed by atoms with Crippen LogP contribution in [0.1, 0.15) is 17.2 Å². The summed E-state index contributed by atoms with van der Waals surface area (Å²) < 4.78 is 13.0. The van der Waals surface area contributed by atoms with Gasteiger partial charge in [-0.15, -0.1) is 0 Å². The van der Waals surface area contributed by atoms with Crippen molar-refractivity contribution in [3.05, 3.63) is 47.8 Å². The first-order valence-electron chi connectivity index (χ1n) is 8.38. The molecule has 1 aliphatic rings. The number of guanidine groups is 1. The average molecular weight is 343 g/mol. The molecule has 0 radical (unpaired) electrons. The Labute approximate surface area is 148 Å². The number of nitrogens with one attached hydrogen (secondary N) is 1. The van der Waals surface area contributed by atoms with Crippen molar-refractivity contribution >= 4 is 5.96 Å². The Morgan fingerprint density at radius 2 is 2.36 bits per heavy atom. The van der Waals surface area contributed by atoms with Crippen molar-refractivity contribution in [1.82, 2.24) is 20.0 Å². The molecule has 3 rings (SSSR count). The number of aromatic nitrogens is 2. The van der Waals surface area contributed by atoms with Crippen molar-refractivity contribution in [2.24, 2.45) is 12.0 Å². The zero-order chi connectivity index (χ0) is 17.6. The number of aryl methyl sites for hydroxylation is 1. The highest BCUT2D eigenvalue weighted by Crippen LogP contribution is 2.21. The maximum atomic E-state index is 5.90. The third-order valence-electron chi connectivity index (χ3n) is 4.26. The molecule has 1 aromatic heterocycles. The predicted molar refractivity (Wildman–Crippen MR) is 96.7 cm³/mol. The molecule has 2 heterocycles. The van der Waals surface area contributed by atoms with E-state index in [1.807, 2.05) is 44.7 Å². The molecule has 1 aromatic carbocycles. The lowest BCUT2D eigenvalue weighted by Crippen LogP contribution is -2.47. The molecule has 1 fully saturated rings. The SMILES string of the molecule is CN=C(NCc1cccc(OC)c1)N1CCOC(c2cnn(C)c2)C1. The summed E-state index contributed by atoms with van der Waals surface area (Å²) in [4.78, 5) is 6.65. The predicted octanol–water partition coefficient (Wildman–Crippen LogP) is 1.58. The van der Waals surface area contributed by atoms with Crippen LogP contribution in [0, 0.1) is 0 Å². The lowest BCUT2D eigenvalue weighted by atomic mass is 10.1. The molecule has 1 atom stereocenters. The monoisotopic (exact) mass is 343 g/mol. The van der Waals surface area contributed by atoms with E-state index in [9.17, 15) is 0 Å². The van der Waals surface area contributed by atoms with Gasteiger partial charge >= 0.3 is 0 Å². The Kier molecular flexibility index (Phi) is 5.55. The Morgan fingerprint density at radius 3 is 3.08 bits per heavy atom. The van der Waals surface area contributed by atoms with Gasteiger partial charge in [0.1, 0.15) is 11.9 Å². The summed E-state index contributed by atoms with van der Waals surface area (Å²) in [6.45, 7) is 2.93. The van der Waals surface area contributed by atoms with Gasteiger partial charge in [-0.05, 0) is 17.7 Å². The molecule has 0 saturated carbocycles. The minimum Gasteiger partial charge on any atom is -0.497 e. The van der Waals surface area contributed by atoms with Crippen molar-refractivity contribution in [2.45, 2.75) is 12.6 Å². The van der Waals surface area contributed by atoms with Gasteiger partial charge in [-0.1, -0.05) is 12.1 Å². The first-order valence-corrected chi connectivity index (χ1v) is 8.38. The molecular weight excluding hydrogens is 318 g/mol. The standard InChI is InChI=1S/C18H25N5O2/c1-19-18(20-10-14-5-4-6-16(9-14)24-3)23-7-8-25-17(13-23)15-11-21-22(2)12-15/h4-6,9,11-12,17H,7-8,10,13H2,1-3H3,(H,19,20). The fourth-order valence-electron chi connectivity index (χ4n) is 2.95. The molecule has 1 saturated heterocycles. The number of hydrogen-bond acceptors (Lipinski definition) is 4. The smallest absolute Gasteiger partial charge is 0.194 e. The average Bonchev–Trinajstić information content (AvgIpc) is 3.09. The Hall–Kier alpha value is -2.54. The maximum Gasteiger partial charge on any atom is 0.194 e. The molecule has 0 bridgehead atoms. The highest BCUT2D eigenvalue weighted by molar-refractivity contribution is 5.80. The Bertz CT molecular complexity index is 728. The fraction of sp³-hybridized carbons (Fsp3) is 0.444. The summed E-state index contributed by atoms with van der Waals surface area (Å²) in [5.41, 5.74) is 2.24. The van der Waals surface area contributed by atoms with Crippen LogP contribution in [-0.2, 0) is 18.3 Å². The van der Waals surface area contributed by atoms with E-state index in [1.54, 1.807) is 11.8 Å². The number of morpholine rings is 1. The molecule has 1 unspecified atom stereocenters. The molecular formula is C18H25N5O2. The second-order valence-electron chi connectivity index (χ2n) is 6.01. The normalized spacial score (nSPS) is 18.3. The molecule has 7 nitrogen and oxygen atoms in total. The number of benzene rings is 1. The lowest BCUT2D eigenvalue weighted by Gasteiger charge is -2.34. The van der Waals surface area contributed by atoms with E-state index >= 15 is 0 Å². The summed E-state index contributed by atoms with van der Waals surface area (Å²) in [6.07, 6.45) is 3.87. The summed E-state index contributed by atoms with van der Waals surface area (Å²) >= 11 is 0. The van der Waals surface area contributed by atoms with E-state index in [2.05, 4.69) is 26.4 Å². The highest BCUT2D eigenvalue weighted by Gasteiger charge is 2.25. The number of methoxy groups -OCH3 is 1. The number of rotatable bonds is 4. The molecule has 0 amide bonds. The van der Waals surface area contributed by atoms with Crippen LogP contribution in [0.3, 0.4) is 0 Å². The zero-order valence-electron chi connectivity index (χ0n) is 15.0. The van der Waals surface area contributed by atoms with Gasteiger partial charge in [0.15, 0.2) is 5.96 Å². The van der Waals surface area contributed by atoms with Crippen molar-refractivity contribution in [1.29, 1.82) is 0 Å². The van der Waals surface area contributed by atoms with Crippen molar-refractivity contribution in [2.75, 3.05) is 33.9 Å². The zero-order valence-corrected chi connectivity index (χ0v) is 15.0. The molecule has 0 aliphatic carbocycles. The van der Waals surface area contributed by atoms with Crippen molar-refractivity contribution in [3.63, 3.8) is 0 Å². The van der Waals surface area contributed by atoms with Crippen molar-refractivity contribution in [3.8, 4) is 5.75 Å². The van der Waals surface area contributed by atoms with E-state index in [1.165, 1.54) is 0 Å². The number of ether oxygens (including phenoxy) is 2. The molecule has 2 aromatic rings. The van der Waals surface area contributed by atoms with E-state index in [0.717, 1.165) is 35.9 Å². The van der Waals surface area contributed by atoms with Crippen LogP contribution in [0.15, 0.2) is 41.7 Å². The van der Waals surface area contributed by atoms with Crippen LogP contribution >= 0.6 is 0 Å². The second kappa shape index (κ2) is 8.02. The lowest BCUT2D eigenvalue weighted by molar-refractivity contribution is -0.00805. The van der Waals surface area contributed by atoms with Crippen LogP contribution in [0.5, 0.6) is 5.75 Å². The van der Waals surface area contributed by atoms with E-state index < -0.39 is 0 Å². The van der Waals surface area contributed by atoms with Crippen LogP contribution in [0.2, 0.25) is 0 Å². The molecule has 25 heavy (non-hydrogen) atoms. The minimum absolute atomic E-state index is 0.0119. The van der Waals surface area contributed by atoms with Gasteiger partial charge < -0.3 is 19.7 Å². The van der Waals surface area contributed by atoms with E-state index in [0.29, 0.717) is 13.2 Å². The van der Waals surface area contributed by atoms with Gasteiger partial charge in [-0.3, -0.25) is 9.67 Å². The van der Waals surface area contributed by atoms with Gasteiger partial charge in [0.25, 0.3) is 0 Å². The Morgan fingerprint density at radius 1 is 1.48 bits per heavy atom. The van der Waals surface area contributed by atoms with Gasteiger partial charge in [-0.2, -0.15) is 5.10 Å². The number of nitrogens with zero attached hydrogens (tertiary/aromatic N) is 4. The largest absolute Gasteiger partial charge is 0.497 e. The van der Waals surface area contributed by atoms with Gasteiger partial charge in [0.2, 0.25) is 0 Å². The molecule has 134 valence electrons. The van der Waals surface area contributed by atoms with E-state index in [-0.39, 0.29) is 6.10 Å². The summed E-state index contributed by atoms with van der Waals surface area (Å²) in [6, 6.07) is 8.03. The van der Waals surface area contributed by atoms with Crippen LogP contribution in [-0.4, -0.2) is 54.5 Å². The van der Waals surface area contributed by atoms with Gasteiger partial charge in [-0.25, -0.2) is 0 Å². The van der Waals surface area contributed by atoms with Gasteiger partial charge in [0.05, 0.1) is 26.5 Å². The molecule has 0 spiro atoms. The molecule has 7 heteroatoms. The summed E-state index contributed by atoms with van der Waals surface area (Å²) in [5.74, 6) is 1.73. The topological polar surface area (TPSA) is 63.9 Å². The molecule has 1 N–H and O–H groups in total. The van der Waals surface area contributed by atoms with Crippen LogP contribution in [0.25, 0.3) is 0 Å².